The van der Waals surface area contributed by atoms with E-state index in [1.54, 1.807) is 0 Å². The molecule has 0 amide bonds. The first kappa shape index (κ1) is 15.3. The van der Waals surface area contributed by atoms with Crippen LogP contribution in [0.4, 0.5) is 0 Å². The lowest BCUT2D eigenvalue weighted by atomic mass is 10.1. The summed E-state index contributed by atoms with van der Waals surface area (Å²) in [6, 6.07) is 27.7. The van der Waals surface area contributed by atoms with Gasteiger partial charge in [-0.15, -0.1) is 0 Å². The van der Waals surface area contributed by atoms with Gasteiger partial charge in [-0.2, -0.15) is 0 Å². The van der Waals surface area contributed by atoms with Crippen LogP contribution >= 0.6 is 0 Å². The summed E-state index contributed by atoms with van der Waals surface area (Å²) in [6.45, 7) is 0.707. The molecule has 0 unspecified atom stereocenters. The third kappa shape index (κ3) is 3.22. The Bertz CT molecular complexity index is 1000. The molecule has 0 aliphatic carbocycles. The molecule has 3 heteroatoms. The minimum absolute atomic E-state index is 0.0882. The van der Waals surface area contributed by atoms with Crippen molar-refractivity contribution in [2.24, 2.45) is 0 Å². The van der Waals surface area contributed by atoms with Gasteiger partial charge in [0.2, 0.25) is 0 Å². The summed E-state index contributed by atoms with van der Waals surface area (Å²) in [5.41, 5.74) is 3.90. The maximum atomic E-state index is 12.6. The SMILES string of the molecule is O=C(Cc1nc2ccccc2n1Cc1ccccc1)c1ccccc1. The number of benzene rings is 3. The first-order valence-corrected chi connectivity index (χ1v) is 8.37. The van der Waals surface area contributed by atoms with Gasteiger partial charge < -0.3 is 4.57 Å². The maximum Gasteiger partial charge on any atom is 0.170 e. The van der Waals surface area contributed by atoms with Crippen molar-refractivity contribution in [3.63, 3.8) is 0 Å². The Labute approximate surface area is 146 Å². The van der Waals surface area contributed by atoms with E-state index in [1.807, 2.05) is 66.7 Å². The summed E-state index contributed by atoms with van der Waals surface area (Å²) < 4.78 is 2.14. The van der Waals surface area contributed by atoms with Gasteiger partial charge in [0.1, 0.15) is 5.82 Å². The molecule has 1 aromatic heterocycles. The molecule has 0 spiro atoms. The molecule has 4 rings (SSSR count). The second kappa shape index (κ2) is 6.73. The topological polar surface area (TPSA) is 34.9 Å². The molecule has 0 atom stereocenters. The molecule has 0 aliphatic heterocycles. The second-order valence-electron chi connectivity index (χ2n) is 6.05. The quantitative estimate of drug-likeness (QED) is 0.506. The smallest absolute Gasteiger partial charge is 0.170 e. The number of Topliss-reactive ketones (excluding diaryl/α,β-unsaturated/α-hetero) is 1. The monoisotopic (exact) mass is 326 g/mol. The Morgan fingerprint density at radius 2 is 1.44 bits per heavy atom. The maximum absolute atomic E-state index is 12.6. The van der Waals surface area contributed by atoms with Gasteiger partial charge in [-0.25, -0.2) is 4.98 Å². The zero-order chi connectivity index (χ0) is 17.1. The molecule has 4 aromatic rings. The van der Waals surface area contributed by atoms with E-state index in [4.69, 9.17) is 4.98 Å². The largest absolute Gasteiger partial charge is 0.323 e. The zero-order valence-corrected chi connectivity index (χ0v) is 13.8. The molecule has 1 heterocycles. The molecule has 122 valence electrons. The lowest BCUT2D eigenvalue weighted by molar-refractivity contribution is 0.0990. The third-order valence-electron chi connectivity index (χ3n) is 4.33. The highest BCUT2D eigenvalue weighted by Crippen LogP contribution is 2.19. The number of nitrogens with zero attached hydrogens (tertiary/aromatic N) is 2. The zero-order valence-electron chi connectivity index (χ0n) is 13.8. The average Bonchev–Trinajstić information content (AvgIpc) is 3.00. The van der Waals surface area contributed by atoms with E-state index >= 15 is 0 Å². The van der Waals surface area contributed by atoms with Crippen LogP contribution in [0.2, 0.25) is 0 Å². The van der Waals surface area contributed by atoms with Crippen molar-refractivity contribution in [1.29, 1.82) is 0 Å². The van der Waals surface area contributed by atoms with Crippen molar-refractivity contribution in [3.8, 4) is 0 Å². The molecule has 3 aromatic carbocycles. The van der Waals surface area contributed by atoms with Crippen LogP contribution in [0.25, 0.3) is 11.0 Å². The molecule has 0 fully saturated rings. The van der Waals surface area contributed by atoms with Gasteiger partial charge in [-0.1, -0.05) is 72.8 Å². The van der Waals surface area contributed by atoms with Crippen LogP contribution in [0, 0.1) is 0 Å². The van der Waals surface area contributed by atoms with Gasteiger partial charge in [0.25, 0.3) is 0 Å². The van der Waals surface area contributed by atoms with Crippen molar-refractivity contribution in [2.75, 3.05) is 0 Å². The van der Waals surface area contributed by atoms with Crippen LogP contribution in [0.3, 0.4) is 0 Å². The molecule has 0 bridgehead atoms. The van der Waals surface area contributed by atoms with E-state index in [-0.39, 0.29) is 5.78 Å². The van der Waals surface area contributed by atoms with E-state index in [2.05, 4.69) is 22.8 Å². The second-order valence-corrected chi connectivity index (χ2v) is 6.05. The number of ketones is 1. The summed E-state index contributed by atoms with van der Waals surface area (Å²) in [6.07, 6.45) is 0.297. The van der Waals surface area contributed by atoms with Gasteiger partial charge in [-0.05, 0) is 17.7 Å². The minimum atomic E-state index is 0.0882. The van der Waals surface area contributed by atoms with E-state index in [0.29, 0.717) is 13.0 Å². The first-order valence-electron chi connectivity index (χ1n) is 8.37. The minimum Gasteiger partial charge on any atom is -0.323 e. The highest BCUT2D eigenvalue weighted by Gasteiger charge is 2.15. The number of carbonyl (C=O) groups excluding carboxylic acids is 1. The fourth-order valence-corrected chi connectivity index (χ4v) is 3.07. The molecule has 0 N–H and O–H groups in total. The fourth-order valence-electron chi connectivity index (χ4n) is 3.07. The normalized spacial score (nSPS) is 10.9. The number of aromatic nitrogens is 2. The highest BCUT2D eigenvalue weighted by molar-refractivity contribution is 5.97. The standard InChI is InChI=1S/C22H18N2O/c25-21(18-11-5-2-6-12-18)15-22-23-19-13-7-8-14-20(19)24(22)16-17-9-3-1-4-10-17/h1-14H,15-16H2. The Kier molecular flexibility index (Phi) is 4.13. The molecule has 25 heavy (non-hydrogen) atoms. The predicted octanol–water partition coefficient (Wildman–Crippen LogP) is 4.51. The van der Waals surface area contributed by atoms with Crippen LogP contribution in [-0.2, 0) is 13.0 Å². The lowest BCUT2D eigenvalue weighted by Crippen LogP contribution is -2.11. The molecule has 0 radical (unpaired) electrons. The average molecular weight is 326 g/mol. The van der Waals surface area contributed by atoms with Crippen molar-refractivity contribution < 1.29 is 4.79 Å². The number of carbonyl (C=O) groups is 1. The number of hydrogen-bond acceptors (Lipinski definition) is 2. The Morgan fingerprint density at radius 1 is 0.800 bits per heavy atom. The van der Waals surface area contributed by atoms with Gasteiger partial charge in [0.15, 0.2) is 5.78 Å². The molecule has 3 nitrogen and oxygen atoms in total. The van der Waals surface area contributed by atoms with E-state index in [0.717, 1.165) is 22.4 Å². The first-order chi connectivity index (χ1) is 12.3. The van der Waals surface area contributed by atoms with Crippen LogP contribution < -0.4 is 0 Å². The highest BCUT2D eigenvalue weighted by atomic mass is 16.1. The summed E-state index contributed by atoms with van der Waals surface area (Å²) in [5, 5.41) is 0. The van der Waals surface area contributed by atoms with Crippen molar-refractivity contribution in [1.82, 2.24) is 9.55 Å². The molecule has 0 aliphatic rings. The lowest BCUT2D eigenvalue weighted by Gasteiger charge is -2.09. The van der Waals surface area contributed by atoms with Gasteiger partial charge >= 0.3 is 0 Å². The van der Waals surface area contributed by atoms with Crippen LogP contribution in [0.5, 0.6) is 0 Å². The van der Waals surface area contributed by atoms with Crippen molar-refractivity contribution in [2.45, 2.75) is 13.0 Å². The van der Waals surface area contributed by atoms with E-state index < -0.39 is 0 Å². The van der Waals surface area contributed by atoms with Crippen LogP contribution in [0.1, 0.15) is 21.7 Å². The Balaban J connectivity index is 1.73. The number of rotatable bonds is 5. The number of para-hydroxylation sites is 2. The van der Waals surface area contributed by atoms with Crippen LogP contribution in [0.15, 0.2) is 84.9 Å². The summed E-state index contributed by atoms with van der Waals surface area (Å²) in [4.78, 5) is 17.4. The van der Waals surface area contributed by atoms with E-state index in [9.17, 15) is 4.79 Å². The van der Waals surface area contributed by atoms with Gasteiger partial charge in [0, 0.05) is 12.1 Å². The Morgan fingerprint density at radius 3 is 2.20 bits per heavy atom. The van der Waals surface area contributed by atoms with Gasteiger partial charge in [-0.3, -0.25) is 4.79 Å². The fraction of sp³-hybridized carbons (Fsp3) is 0.0909. The Hall–Kier alpha value is -3.20. The summed E-state index contributed by atoms with van der Waals surface area (Å²) in [7, 11) is 0. The van der Waals surface area contributed by atoms with Crippen molar-refractivity contribution >= 4 is 16.8 Å². The number of fused-ring (bicyclic) bond motifs is 1. The number of imidazole rings is 1. The third-order valence-corrected chi connectivity index (χ3v) is 4.33. The predicted molar refractivity (Wildman–Crippen MR) is 99.8 cm³/mol. The van der Waals surface area contributed by atoms with Gasteiger partial charge in [0.05, 0.1) is 17.5 Å². The van der Waals surface area contributed by atoms with Crippen LogP contribution in [-0.4, -0.2) is 15.3 Å². The molecule has 0 saturated carbocycles. The summed E-state index contributed by atoms with van der Waals surface area (Å²) in [5.74, 6) is 0.893. The van der Waals surface area contributed by atoms with E-state index in [1.165, 1.54) is 5.56 Å². The van der Waals surface area contributed by atoms with Crippen molar-refractivity contribution in [3.05, 3.63) is 102 Å². The molecular weight excluding hydrogens is 308 g/mol. The molecule has 0 saturated heterocycles. The molecular formula is C22H18N2O. The summed E-state index contributed by atoms with van der Waals surface area (Å²) >= 11 is 0. The number of hydrogen-bond donors (Lipinski definition) is 0.